The molecule has 0 bridgehead atoms. The Labute approximate surface area is 149 Å². The summed E-state index contributed by atoms with van der Waals surface area (Å²) in [6.07, 6.45) is -0.496. The summed E-state index contributed by atoms with van der Waals surface area (Å²) < 4.78 is 7.31. The monoisotopic (exact) mass is 393 g/mol. The molecule has 0 saturated carbocycles. The maximum absolute atomic E-state index is 12.6. The molecule has 2 aromatic rings. The third-order valence-corrected chi connectivity index (χ3v) is 3.40. The smallest absolute Gasteiger partial charge is 0.407 e. The molecule has 1 heterocycles. The largest absolute Gasteiger partial charge is 0.444 e. The number of nitrogens with one attached hydrogen (secondary N) is 1. The number of hydrogen-bond acceptors (Lipinski definition) is 4. The van der Waals surface area contributed by atoms with Crippen molar-refractivity contribution in [3.8, 4) is 0 Å². The number of alkyl carbamates (subject to hydrolysis) is 1. The van der Waals surface area contributed by atoms with Crippen LogP contribution in [-0.4, -0.2) is 33.8 Å². The van der Waals surface area contributed by atoms with Crippen molar-refractivity contribution in [1.29, 1.82) is 0 Å². The molecule has 0 aliphatic heterocycles. The number of aromatic nitrogens is 2. The molecule has 2 rings (SSSR count). The molecular weight excluding hydrogens is 374 g/mol. The zero-order chi connectivity index (χ0) is 17.7. The first-order valence-electron chi connectivity index (χ1n) is 7.56. The van der Waals surface area contributed by atoms with E-state index in [4.69, 9.17) is 4.74 Å². The summed E-state index contributed by atoms with van der Waals surface area (Å²) >= 11 is 3.29. The van der Waals surface area contributed by atoms with E-state index in [-0.39, 0.29) is 5.78 Å². The summed E-state index contributed by atoms with van der Waals surface area (Å²) in [6, 6.07) is 10.7. The second-order valence-corrected chi connectivity index (χ2v) is 7.01. The number of carbonyl (C=O) groups is 2. The predicted molar refractivity (Wildman–Crippen MR) is 94.0 cm³/mol. The molecule has 1 aromatic heterocycles. The number of amides is 1. The van der Waals surface area contributed by atoms with Gasteiger partial charge in [0.15, 0.2) is 0 Å². The fourth-order valence-corrected chi connectivity index (χ4v) is 2.46. The van der Waals surface area contributed by atoms with Crippen LogP contribution in [0, 0.1) is 0 Å². The Kier molecular flexibility index (Phi) is 5.77. The first-order chi connectivity index (χ1) is 11.3. The summed E-state index contributed by atoms with van der Waals surface area (Å²) in [5, 5.41) is 6.90. The van der Waals surface area contributed by atoms with E-state index in [1.807, 2.05) is 18.2 Å². The predicted octanol–water partition coefficient (Wildman–Crippen LogP) is 3.40. The van der Waals surface area contributed by atoms with E-state index in [0.717, 1.165) is 0 Å². The summed E-state index contributed by atoms with van der Waals surface area (Å²) in [5.74, 6) is -0.119. The van der Waals surface area contributed by atoms with E-state index in [1.165, 1.54) is 0 Å². The molecule has 1 amide bonds. The Morgan fingerprint density at radius 2 is 1.92 bits per heavy atom. The Hall–Kier alpha value is -2.15. The third kappa shape index (κ3) is 5.19. The second-order valence-electron chi connectivity index (χ2n) is 6.20. The molecule has 0 radical (unpaired) electrons. The second kappa shape index (κ2) is 7.61. The Bertz CT molecular complexity index is 720. The first kappa shape index (κ1) is 18.2. The molecule has 7 heteroatoms. The number of ether oxygens (including phenoxy) is 1. The van der Waals surface area contributed by atoms with Crippen molar-refractivity contribution in [3.05, 3.63) is 52.3 Å². The van der Waals surface area contributed by atoms with Gasteiger partial charge in [-0.1, -0.05) is 30.3 Å². The van der Waals surface area contributed by atoms with Gasteiger partial charge in [-0.2, -0.15) is 5.10 Å². The average molecular weight is 394 g/mol. The van der Waals surface area contributed by atoms with Gasteiger partial charge in [-0.25, -0.2) is 4.79 Å². The molecule has 0 fully saturated rings. The number of benzene rings is 1. The van der Waals surface area contributed by atoms with Crippen LogP contribution in [-0.2, 0) is 11.3 Å². The fourth-order valence-electron chi connectivity index (χ4n) is 2.05. The Balaban J connectivity index is 2.02. The third-order valence-electron chi connectivity index (χ3n) is 3.01. The summed E-state index contributed by atoms with van der Waals surface area (Å²) in [6.45, 7) is 6.06. The summed E-state index contributed by atoms with van der Waals surface area (Å²) in [4.78, 5) is 24.2. The van der Waals surface area contributed by atoms with Gasteiger partial charge in [0.2, 0.25) is 5.78 Å². The van der Waals surface area contributed by atoms with E-state index in [1.54, 1.807) is 43.7 Å². The van der Waals surface area contributed by atoms with Gasteiger partial charge >= 0.3 is 6.09 Å². The summed E-state index contributed by atoms with van der Waals surface area (Å²) in [5.41, 5.74) is 0.498. The molecular formula is C17H20BrN3O3. The molecule has 128 valence electrons. The maximum atomic E-state index is 12.6. The van der Waals surface area contributed by atoms with E-state index in [0.29, 0.717) is 29.0 Å². The highest BCUT2D eigenvalue weighted by Gasteiger charge is 2.18. The first-order valence-corrected chi connectivity index (χ1v) is 8.35. The lowest BCUT2D eigenvalue weighted by molar-refractivity contribution is 0.0525. The van der Waals surface area contributed by atoms with Crippen LogP contribution in [0.15, 0.2) is 41.0 Å². The van der Waals surface area contributed by atoms with Gasteiger partial charge in [-0.15, -0.1) is 0 Å². The van der Waals surface area contributed by atoms with Crippen molar-refractivity contribution >= 4 is 27.8 Å². The topological polar surface area (TPSA) is 73.2 Å². The molecule has 24 heavy (non-hydrogen) atoms. The van der Waals surface area contributed by atoms with Gasteiger partial charge in [-0.05, 0) is 36.7 Å². The molecule has 0 aliphatic rings. The molecule has 6 nitrogen and oxygen atoms in total. The van der Waals surface area contributed by atoms with Crippen LogP contribution in [0.4, 0.5) is 4.79 Å². The van der Waals surface area contributed by atoms with Gasteiger partial charge in [0.1, 0.15) is 15.9 Å². The van der Waals surface area contributed by atoms with Crippen molar-refractivity contribution in [2.24, 2.45) is 0 Å². The number of halogens is 1. The zero-order valence-electron chi connectivity index (χ0n) is 13.9. The van der Waals surface area contributed by atoms with Crippen molar-refractivity contribution in [2.75, 3.05) is 6.54 Å². The van der Waals surface area contributed by atoms with Crippen molar-refractivity contribution in [3.63, 3.8) is 0 Å². The molecule has 1 N–H and O–H groups in total. The highest BCUT2D eigenvalue weighted by molar-refractivity contribution is 9.10. The van der Waals surface area contributed by atoms with E-state index >= 15 is 0 Å². The highest BCUT2D eigenvalue weighted by atomic mass is 79.9. The standard InChI is InChI=1S/C17H20BrN3O3/c1-17(2,3)24-16(23)19-9-10-21-13(11-14(18)20-21)15(22)12-7-5-4-6-8-12/h4-8,11H,9-10H2,1-3H3,(H,19,23). The fraction of sp³-hybridized carbons (Fsp3) is 0.353. The van der Waals surface area contributed by atoms with Crippen LogP contribution in [0.5, 0.6) is 0 Å². The van der Waals surface area contributed by atoms with Gasteiger partial charge in [0.05, 0.1) is 6.54 Å². The number of nitrogens with zero attached hydrogens (tertiary/aromatic N) is 2. The molecule has 0 unspecified atom stereocenters. The van der Waals surface area contributed by atoms with Crippen LogP contribution < -0.4 is 5.32 Å². The minimum absolute atomic E-state index is 0.119. The van der Waals surface area contributed by atoms with Crippen LogP contribution in [0.3, 0.4) is 0 Å². The van der Waals surface area contributed by atoms with Gasteiger partial charge < -0.3 is 10.1 Å². The lowest BCUT2D eigenvalue weighted by atomic mass is 10.1. The zero-order valence-corrected chi connectivity index (χ0v) is 15.5. The summed E-state index contributed by atoms with van der Waals surface area (Å²) in [7, 11) is 0. The Morgan fingerprint density at radius 1 is 1.25 bits per heavy atom. The lowest BCUT2D eigenvalue weighted by Crippen LogP contribution is -2.34. The molecule has 0 atom stereocenters. The number of ketones is 1. The van der Waals surface area contributed by atoms with Crippen LogP contribution >= 0.6 is 15.9 Å². The average Bonchev–Trinajstić information content (AvgIpc) is 2.86. The minimum atomic E-state index is -0.548. The number of hydrogen-bond donors (Lipinski definition) is 1. The molecule has 0 spiro atoms. The normalized spacial score (nSPS) is 11.2. The highest BCUT2D eigenvalue weighted by Crippen LogP contribution is 2.15. The lowest BCUT2D eigenvalue weighted by Gasteiger charge is -2.19. The van der Waals surface area contributed by atoms with Gasteiger partial charge in [0, 0.05) is 18.2 Å². The minimum Gasteiger partial charge on any atom is -0.444 e. The van der Waals surface area contributed by atoms with Gasteiger partial charge in [0.25, 0.3) is 0 Å². The van der Waals surface area contributed by atoms with Gasteiger partial charge in [-0.3, -0.25) is 9.48 Å². The molecule has 0 aliphatic carbocycles. The van der Waals surface area contributed by atoms with E-state index in [9.17, 15) is 9.59 Å². The van der Waals surface area contributed by atoms with Crippen molar-refractivity contribution in [2.45, 2.75) is 32.9 Å². The quantitative estimate of drug-likeness (QED) is 0.789. The van der Waals surface area contributed by atoms with E-state index < -0.39 is 11.7 Å². The van der Waals surface area contributed by atoms with Crippen LogP contribution in [0.1, 0.15) is 36.8 Å². The molecule has 1 aromatic carbocycles. The molecule has 0 saturated heterocycles. The number of rotatable bonds is 5. The van der Waals surface area contributed by atoms with Crippen LogP contribution in [0.25, 0.3) is 0 Å². The maximum Gasteiger partial charge on any atom is 0.407 e. The van der Waals surface area contributed by atoms with Crippen LogP contribution in [0.2, 0.25) is 0 Å². The SMILES string of the molecule is CC(C)(C)OC(=O)NCCn1nc(Br)cc1C(=O)c1ccccc1. The van der Waals surface area contributed by atoms with Crippen molar-refractivity contribution < 1.29 is 14.3 Å². The number of carbonyl (C=O) groups excluding carboxylic acids is 2. The van der Waals surface area contributed by atoms with E-state index in [2.05, 4.69) is 26.3 Å². The Morgan fingerprint density at radius 3 is 2.54 bits per heavy atom. The van der Waals surface area contributed by atoms with Crippen molar-refractivity contribution in [1.82, 2.24) is 15.1 Å².